The fourth-order valence-corrected chi connectivity index (χ4v) is 8.27. The zero-order chi connectivity index (χ0) is 30.2. The summed E-state index contributed by atoms with van der Waals surface area (Å²) in [6.07, 6.45) is 13.5. The Morgan fingerprint density at radius 1 is 1.02 bits per heavy atom. The fraction of sp³-hybridized carbons (Fsp3) is 0.394. The first-order valence-corrected chi connectivity index (χ1v) is 16.7. The smallest absolute Gasteiger partial charge is 0.262 e. The Morgan fingerprint density at radius 3 is 2.52 bits per heavy atom. The number of nitrogens with zero attached hydrogens (tertiary/aromatic N) is 6. The predicted molar refractivity (Wildman–Crippen MR) is 161 cm³/mol. The standard InChI is InChI=1S/C33H33FN6O3S/c1-38(44(42,43)31-14-15-39(37-31)26-11-12-26)28-8-5-24-16-30-23(20-36-40(30)27-9-6-25(34)7-10-27)17-33(24,18-28)32(41)29-13-4-22(19-35-29)21-2-3-21/h4,6-7,9-10,13-16,19-21,26,28H,2-3,5,8,11-12,17-18H2,1H3/t28-,33-/m0/s1. The molecule has 44 heavy (non-hydrogen) atoms. The topological polar surface area (TPSA) is 103 Å². The Bertz CT molecular complexity index is 1900. The highest BCUT2D eigenvalue weighted by atomic mass is 32.2. The van der Waals surface area contributed by atoms with Crippen LogP contribution in [0, 0.1) is 11.2 Å². The van der Waals surface area contributed by atoms with E-state index in [4.69, 9.17) is 0 Å². The summed E-state index contributed by atoms with van der Waals surface area (Å²) in [6, 6.07) is 11.4. The first-order chi connectivity index (χ1) is 21.2. The molecule has 4 aliphatic rings. The van der Waals surface area contributed by atoms with E-state index in [2.05, 4.69) is 15.2 Å². The van der Waals surface area contributed by atoms with Crippen molar-refractivity contribution in [3.63, 3.8) is 0 Å². The molecule has 3 fully saturated rings. The molecule has 3 aromatic heterocycles. The molecule has 226 valence electrons. The molecule has 0 radical (unpaired) electrons. The van der Waals surface area contributed by atoms with Gasteiger partial charge in [-0.2, -0.15) is 14.5 Å². The number of allylic oxidation sites excluding steroid dienone is 1. The van der Waals surface area contributed by atoms with Crippen LogP contribution < -0.4 is 0 Å². The molecule has 0 N–H and O–H groups in total. The summed E-state index contributed by atoms with van der Waals surface area (Å²) in [5.41, 5.74) is 3.99. The van der Waals surface area contributed by atoms with E-state index >= 15 is 0 Å². The largest absolute Gasteiger partial charge is 0.291 e. The Kier molecular flexibility index (Phi) is 6.29. The normalized spacial score (nSPS) is 23.2. The van der Waals surface area contributed by atoms with Crippen molar-refractivity contribution in [2.45, 2.75) is 74.4 Å². The second kappa shape index (κ2) is 10.0. The number of benzene rings is 1. The van der Waals surface area contributed by atoms with Crippen LogP contribution >= 0.6 is 0 Å². The van der Waals surface area contributed by atoms with Crippen molar-refractivity contribution in [1.29, 1.82) is 0 Å². The van der Waals surface area contributed by atoms with Gasteiger partial charge in [-0.25, -0.2) is 17.5 Å². The average molecular weight is 613 g/mol. The van der Waals surface area contributed by atoms with Gasteiger partial charge in [0.05, 0.1) is 29.0 Å². The summed E-state index contributed by atoms with van der Waals surface area (Å²) in [4.78, 5) is 19.2. The van der Waals surface area contributed by atoms with Crippen molar-refractivity contribution >= 4 is 21.9 Å². The molecule has 11 heteroatoms. The Hall–Kier alpha value is -3.96. The molecule has 3 saturated carbocycles. The van der Waals surface area contributed by atoms with E-state index in [1.165, 1.54) is 16.4 Å². The number of rotatable bonds is 8. The maximum absolute atomic E-state index is 14.6. The van der Waals surface area contributed by atoms with Crippen LogP contribution in [0.25, 0.3) is 11.8 Å². The van der Waals surface area contributed by atoms with Crippen molar-refractivity contribution in [3.8, 4) is 5.69 Å². The minimum absolute atomic E-state index is 0.0393. The number of hydrogen-bond acceptors (Lipinski definition) is 6. The molecule has 0 bridgehead atoms. The van der Waals surface area contributed by atoms with Crippen molar-refractivity contribution in [2.75, 3.05) is 7.05 Å². The number of carbonyl (C=O) groups is 1. The van der Waals surface area contributed by atoms with Crippen molar-refractivity contribution < 1.29 is 17.6 Å². The third kappa shape index (κ3) is 4.56. The van der Waals surface area contributed by atoms with Crippen LogP contribution in [0.4, 0.5) is 4.39 Å². The van der Waals surface area contributed by atoms with Crippen LogP contribution in [0.3, 0.4) is 0 Å². The molecule has 0 amide bonds. The number of Topliss-reactive ketones (excluding diaryl/α,β-unsaturated/α-hetero) is 1. The van der Waals surface area contributed by atoms with Crippen LogP contribution in [-0.4, -0.2) is 56.1 Å². The van der Waals surface area contributed by atoms with Gasteiger partial charge in [0.1, 0.15) is 11.5 Å². The molecule has 0 unspecified atom stereocenters. The SMILES string of the molecule is CN([C@H]1CCC2=Cc3c(cnn3-c3ccc(F)cc3)C[C@]2(C(=O)c2ccc(C3CC3)cn2)C1)S(=O)(=O)c1ccn(C2CC2)n1. The molecule has 9 nitrogen and oxygen atoms in total. The van der Waals surface area contributed by atoms with Gasteiger partial charge in [-0.05, 0) is 111 Å². The number of halogens is 1. The van der Waals surface area contributed by atoms with Crippen molar-refractivity contribution in [1.82, 2.24) is 28.9 Å². The van der Waals surface area contributed by atoms with Gasteiger partial charge in [-0.3, -0.25) is 14.5 Å². The van der Waals surface area contributed by atoms with Crippen LogP contribution in [0.2, 0.25) is 0 Å². The van der Waals surface area contributed by atoms with Gasteiger partial charge in [-0.1, -0.05) is 11.6 Å². The molecule has 2 atom stereocenters. The molecule has 8 rings (SSSR count). The molecule has 0 aliphatic heterocycles. The van der Waals surface area contributed by atoms with Crippen LogP contribution in [0.5, 0.6) is 0 Å². The van der Waals surface area contributed by atoms with Gasteiger partial charge in [0, 0.05) is 25.5 Å². The fourth-order valence-electron chi connectivity index (χ4n) is 6.97. The quantitative estimate of drug-likeness (QED) is 0.244. The summed E-state index contributed by atoms with van der Waals surface area (Å²) in [7, 11) is -2.27. The van der Waals surface area contributed by atoms with Crippen LogP contribution in [0.15, 0.2) is 71.7 Å². The highest BCUT2D eigenvalue weighted by Crippen LogP contribution is 2.51. The molecule has 0 saturated heterocycles. The average Bonchev–Trinajstić information content (AvgIpc) is 3.98. The van der Waals surface area contributed by atoms with E-state index in [1.54, 1.807) is 47.0 Å². The van der Waals surface area contributed by atoms with E-state index in [1.807, 2.05) is 24.4 Å². The van der Waals surface area contributed by atoms with Gasteiger partial charge in [0.25, 0.3) is 10.0 Å². The minimum Gasteiger partial charge on any atom is -0.291 e. The van der Waals surface area contributed by atoms with Crippen molar-refractivity contribution in [3.05, 3.63) is 95.0 Å². The molecule has 0 spiro atoms. The number of carbonyl (C=O) groups excluding carboxylic acids is 1. The molecular formula is C33H33FN6O3S. The summed E-state index contributed by atoms with van der Waals surface area (Å²) < 4.78 is 46.2. The first-order valence-electron chi connectivity index (χ1n) is 15.3. The molecule has 4 aromatic rings. The van der Waals surface area contributed by atoms with E-state index in [0.29, 0.717) is 37.3 Å². The van der Waals surface area contributed by atoms with Crippen molar-refractivity contribution in [2.24, 2.45) is 5.41 Å². The van der Waals surface area contributed by atoms with Gasteiger partial charge < -0.3 is 0 Å². The number of fused-ring (bicyclic) bond motifs is 2. The molecule has 4 aliphatic carbocycles. The number of aromatic nitrogens is 5. The minimum atomic E-state index is -3.87. The van der Waals surface area contributed by atoms with E-state index < -0.39 is 21.5 Å². The summed E-state index contributed by atoms with van der Waals surface area (Å²) >= 11 is 0. The molecule has 1 aromatic carbocycles. The van der Waals surface area contributed by atoms with E-state index in [9.17, 15) is 17.6 Å². The highest BCUT2D eigenvalue weighted by molar-refractivity contribution is 7.89. The van der Waals surface area contributed by atoms with Gasteiger partial charge in [-0.15, -0.1) is 0 Å². The Labute approximate surface area is 255 Å². The first kappa shape index (κ1) is 27.6. The van der Waals surface area contributed by atoms with E-state index in [0.717, 1.165) is 53.8 Å². The van der Waals surface area contributed by atoms with Gasteiger partial charge >= 0.3 is 0 Å². The third-order valence-electron chi connectivity index (χ3n) is 9.87. The lowest BCUT2D eigenvalue weighted by Crippen LogP contribution is -2.49. The molecular weight excluding hydrogens is 579 g/mol. The summed E-state index contributed by atoms with van der Waals surface area (Å²) in [5.74, 6) is 0.102. The monoisotopic (exact) mass is 612 g/mol. The van der Waals surface area contributed by atoms with E-state index in [-0.39, 0.29) is 22.7 Å². The number of hydrogen-bond donors (Lipinski definition) is 0. The maximum Gasteiger partial charge on any atom is 0.262 e. The Morgan fingerprint density at radius 2 is 1.82 bits per heavy atom. The zero-order valence-electron chi connectivity index (χ0n) is 24.4. The lowest BCUT2D eigenvalue weighted by atomic mass is 9.60. The third-order valence-corrected chi connectivity index (χ3v) is 11.7. The molecule has 3 heterocycles. The predicted octanol–water partition coefficient (Wildman–Crippen LogP) is 5.50. The second-order valence-electron chi connectivity index (χ2n) is 12.7. The lowest BCUT2D eigenvalue weighted by Gasteiger charge is -2.45. The number of ketones is 1. The van der Waals surface area contributed by atoms with Gasteiger partial charge in [0.2, 0.25) is 0 Å². The summed E-state index contributed by atoms with van der Waals surface area (Å²) in [6.45, 7) is 0. The van der Waals surface area contributed by atoms with Crippen LogP contribution in [0.1, 0.15) is 84.2 Å². The number of sulfonamides is 1. The summed E-state index contributed by atoms with van der Waals surface area (Å²) in [5, 5.41) is 9.06. The van der Waals surface area contributed by atoms with Gasteiger partial charge in [0.15, 0.2) is 10.8 Å². The Balaban J connectivity index is 1.16. The number of pyridine rings is 1. The lowest BCUT2D eigenvalue weighted by molar-refractivity contribution is 0.0747. The maximum atomic E-state index is 14.6. The zero-order valence-corrected chi connectivity index (χ0v) is 25.3. The van der Waals surface area contributed by atoms with Crippen LogP contribution in [-0.2, 0) is 16.4 Å². The second-order valence-corrected chi connectivity index (χ2v) is 14.7. The highest BCUT2D eigenvalue weighted by Gasteiger charge is 2.51.